The quantitative estimate of drug-likeness (QED) is 0.683. The number of nitrogens with zero attached hydrogens (tertiary/aromatic N) is 2. The lowest BCUT2D eigenvalue weighted by Crippen LogP contribution is -2.38. The molecule has 2 fully saturated rings. The Morgan fingerprint density at radius 1 is 1.55 bits per heavy atom. The molecular weight excluding hydrogens is 274 g/mol. The highest BCUT2D eigenvalue weighted by atomic mass is 32.2. The highest BCUT2D eigenvalue weighted by molar-refractivity contribution is 7.99. The number of hydrogen-bond acceptors (Lipinski definition) is 5. The molecular formula is C14H21N3O2S. The molecule has 2 bridgehead atoms. The Hall–Kier alpha value is -1.04. The van der Waals surface area contributed by atoms with Gasteiger partial charge in [-0.15, -0.1) is 0 Å². The lowest BCUT2D eigenvalue weighted by molar-refractivity contribution is -0.153. The first kappa shape index (κ1) is 13.9. The van der Waals surface area contributed by atoms with Gasteiger partial charge in [0, 0.05) is 5.41 Å². The largest absolute Gasteiger partial charge is 0.461 e. The van der Waals surface area contributed by atoms with E-state index in [1.165, 1.54) is 24.5 Å². The van der Waals surface area contributed by atoms with E-state index in [0.29, 0.717) is 11.1 Å². The van der Waals surface area contributed by atoms with Crippen LogP contribution in [0, 0.1) is 16.7 Å². The van der Waals surface area contributed by atoms with Gasteiger partial charge in [-0.3, -0.25) is 9.89 Å². The minimum absolute atomic E-state index is 0.0686. The molecule has 6 heteroatoms. The predicted molar refractivity (Wildman–Crippen MR) is 76.2 cm³/mol. The number of fused-ring (bicyclic) bond motifs is 2. The molecule has 20 heavy (non-hydrogen) atoms. The SMILES string of the molecule is CC1(C)[C@@H]2CC[C@]1(C)[C@H](OC(=O)CSc1ncn[nH]1)C2. The molecule has 1 aromatic heterocycles. The van der Waals surface area contributed by atoms with Gasteiger partial charge in [0.2, 0.25) is 0 Å². The summed E-state index contributed by atoms with van der Waals surface area (Å²) in [5, 5.41) is 7.14. The van der Waals surface area contributed by atoms with Crippen molar-refractivity contribution in [2.75, 3.05) is 5.75 Å². The van der Waals surface area contributed by atoms with E-state index < -0.39 is 0 Å². The second kappa shape index (κ2) is 4.76. The molecule has 2 aliphatic rings. The Morgan fingerprint density at radius 2 is 2.35 bits per heavy atom. The lowest BCUT2D eigenvalue weighted by atomic mass is 9.70. The van der Waals surface area contributed by atoms with Gasteiger partial charge in [-0.25, -0.2) is 4.98 Å². The monoisotopic (exact) mass is 295 g/mol. The Morgan fingerprint density at radius 3 is 2.90 bits per heavy atom. The van der Waals surface area contributed by atoms with Crippen molar-refractivity contribution in [1.29, 1.82) is 0 Å². The number of H-pyrrole nitrogens is 1. The predicted octanol–water partition coefficient (Wildman–Crippen LogP) is 2.65. The van der Waals surface area contributed by atoms with Crippen LogP contribution in [0.2, 0.25) is 0 Å². The van der Waals surface area contributed by atoms with Crippen LogP contribution in [0.5, 0.6) is 0 Å². The van der Waals surface area contributed by atoms with Crippen molar-refractivity contribution in [3.63, 3.8) is 0 Å². The fourth-order valence-corrected chi connectivity index (χ4v) is 4.45. The molecule has 3 rings (SSSR count). The Balaban J connectivity index is 1.58. The number of hydrogen-bond donors (Lipinski definition) is 1. The molecule has 0 amide bonds. The van der Waals surface area contributed by atoms with Gasteiger partial charge in [0.25, 0.3) is 0 Å². The normalized spacial score (nSPS) is 34.4. The van der Waals surface area contributed by atoms with Crippen molar-refractivity contribution in [1.82, 2.24) is 15.2 Å². The van der Waals surface area contributed by atoms with Crippen molar-refractivity contribution in [2.24, 2.45) is 16.7 Å². The first-order valence-corrected chi connectivity index (χ1v) is 8.10. The van der Waals surface area contributed by atoms with E-state index in [1.54, 1.807) is 0 Å². The molecule has 110 valence electrons. The molecule has 1 aromatic rings. The van der Waals surface area contributed by atoms with Gasteiger partial charge in [0.15, 0.2) is 5.16 Å². The first-order valence-electron chi connectivity index (χ1n) is 7.11. The third-order valence-corrected chi connectivity index (χ3v) is 6.56. The number of thioether (sulfide) groups is 1. The molecule has 0 spiro atoms. The summed E-state index contributed by atoms with van der Waals surface area (Å²) < 4.78 is 5.76. The fraction of sp³-hybridized carbons (Fsp3) is 0.786. The second-order valence-electron chi connectivity index (χ2n) is 6.67. The summed E-state index contributed by atoms with van der Waals surface area (Å²) in [4.78, 5) is 16.0. The average molecular weight is 295 g/mol. The number of esters is 1. The first-order chi connectivity index (χ1) is 9.43. The number of ether oxygens (including phenoxy) is 1. The average Bonchev–Trinajstić information content (AvgIpc) is 3.02. The standard InChI is InChI=1S/C14H21N3O2S/c1-13(2)9-4-5-14(13,3)10(6-9)19-11(18)7-20-12-15-8-16-17-12/h8-10H,4-7H2,1-3H3,(H,15,16,17)/t9-,10-,14-/m1/s1. The fourth-order valence-electron chi connectivity index (χ4n) is 3.89. The Bertz CT molecular complexity index is 503. The molecule has 2 saturated carbocycles. The van der Waals surface area contributed by atoms with E-state index in [-0.39, 0.29) is 28.7 Å². The zero-order chi connectivity index (χ0) is 14.4. The van der Waals surface area contributed by atoms with Crippen molar-refractivity contribution < 1.29 is 9.53 Å². The molecule has 3 atom stereocenters. The zero-order valence-electron chi connectivity index (χ0n) is 12.2. The van der Waals surface area contributed by atoms with Crippen molar-refractivity contribution in [3.05, 3.63) is 6.33 Å². The molecule has 1 heterocycles. The van der Waals surface area contributed by atoms with E-state index in [4.69, 9.17) is 4.74 Å². The van der Waals surface area contributed by atoms with Crippen LogP contribution in [-0.4, -0.2) is 33.0 Å². The van der Waals surface area contributed by atoms with Gasteiger partial charge in [-0.1, -0.05) is 32.5 Å². The van der Waals surface area contributed by atoms with Gasteiger partial charge in [-0.2, -0.15) is 5.10 Å². The van der Waals surface area contributed by atoms with E-state index in [9.17, 15) is 4.79 Å². The van der Waals surface area contributed by atoms with Crippen LogP contribution in [-0.2, 0) is 9.53 Å². The van der Waals surface area contributed by atoms with Gasteiger partial charge >= 0.3 is 5.97 Å². The summed E-state index contributed by atoms with van der Waals surface area (Å²) in [7, 11) is 0. The highest BCUT2D eigenvalue weighted by Gasteiger charge is 2.62. The summed E-state index contributed by atoms with van der Waals surface area (Å²) in [6.07, 6.45) is 4.96. The van der Waals surface area contributed by atoms with Crippen molar-refractivity contribution in [3.8, 4) is 0 Å². The highest BCUT2D eigenvalue weighted by Crippen LogP contribution is 2.66. The van der Waals surface area contributed by atoms with Crippen LogP contribution in [0.25, 0.3) is 0 Å². The van der Waals surface area contributed by atoms with Gasteiger partial charge in [-0.05, 0) is 30.6 Å². The van der Waals surface area contributed by atoms with Crippen molar-refractivity contribution in [2.45, 2.75) is 51.3 Å². The van der Waals surface area contributed by atoms with Crippen LogP contribution in [0.15, 0.2) is 11.5 Å². The number of rotatable bonds is 4. The second-order valence-corrected chi connectivity index (χ2v) is 7.63. The summed E-state index contributed by atoms with van der Waals surface area (Å²) >= 11 is 1.33. The Labute approximate surface area is 123 Å². The lowest BCUT2D eigenvalue weighted by Gasteiger charge is -2.38. The maximum Gasteiger partial charge on any atom is 0.316 e. The van der Waals surface area contributed by atoms with E-state index in [1.807, 2.05) is 0 Å². The molecule has 0 saturated heterocycles. The van der Waals surface area contributed by atoms with Crippen molar-refractivity contribution >= 4 is 17.7 Å². The Kier molecular flexibility index (Phi) is 3.31. The number of nitrogens with one attached hydrogen (secondary N) is 1. The summed E-state index contributed by atoms with van der Waals surface area (Å²) in [5.74, 6) is 0.820. The van der Waals surface area contributed by atoms with Gasteiger partial charge in [0.05, 0.1) is 5.75 Å². The molecule has 0 unspecified atom stereocenters. The van der Waals surface area contributed by atoms with Crippen LogP contribution >= 0.6 is 11.8 Å². The smallest absolute Gasteiger partial charge is 0.316 e. The van der Waals surface area contributed by atoms with Gasteiger partial charge < -0.3 is 4.74 Å². The number of aromatic amines is 1. The third-order valence-electron chi connectivity index (χ3n) is 5.71. The van der Waals surface area contributed by atoms with Crippen LogP contribution in [0.4, 0.5) is 0 Å². The molecule has 0 aliphatic heterocycles. The minimum Gasteiger partial charge on any atom is -0.461 e. The van der Waals surface area contributed by atoms with E-state index in [2.05, 4.69) is 36.0 Å². The van der Waals surface area contributed by atoms with Crippen LogP contribution < -0.4 is 0 Å². The van der Waals surface area contributed by atoms with Crippen LogP contribution in [0.3, 0.4) is 0 Å². The van der Waals surface area contributed by atoms with Crippen LogP contribution in [0.1, 0.15) is 40.0 Å². The minimum atomic E-state index is -0.152. The molecule has 5 nitrogen and oxygen atoms in total. The third kappa shape index (κ3) is 2.05. The number of carbonyl (C=O) groups is 1. The zero-order valence-corrected chi connectivity index (χ0v) is 13.0. The molecule has 0 aromatic carbocycles. The maximum atomic E-state index is 12.0. The molecule has 1 N–H and O–H groups in total. The summed E-state index contributed by atoms with van der Waals surface area (Å²) in [6, 6.07) is 0. The topological polar surface area (TPSA) is 67.9 Å². The number of aromatic nitrogens is 3. The summed E-state index contributed by atoms with van der Waals surface area (Å²) in [5.41, 5.74) is 0.403. The number of carbonyl (C=O) groups excluding carboxylic acids is 1. The van der Waals surface area contributed by atoms with E-state index >= 15 is 0 Å². The summed E-state index contributed by atoms with van der Waals surface area (Å²) in [6.45, 7) is 6.92. The van der Waals surface area contributed by atoms with Gasteiger partial charge in [0.1, 0.15) is 12.4 Å². The van der Waals surface area contributed by atoms with E-state index in [0.717, 1.165) is 12.8 Å². The maximum absolute atomic E-state index is 12.0. The molecule has 0 radical (unpaired) electrons. The molecule has 2 aliphatic carbocycles.